The van der Waals surface area contributed by atoms with Crippen molar-refractivity contribution in [2.75, 3.05) is 4.90 Å². The van der Waals surface area contributed by atoms with Crippen molar-refractivity contribution in [3.8, 4) is 11.3 Å². The lowest BCUT2D eigenvalue weighted by Gasteiger charge is -2.28. The van der Waals surface area contributed by atoms with Gasteiger partial charge in [0, 0.05) is 62.6 Å². The van der Waals surface area contributed by atoms with Crippen molar-refractivity contribution >= 4 is 38.9 Å². The molecule has 3 heteroatoms. The van der Waals surface area contributed by atoms with Crippen LogP contribution in [0.2, 0.25) is 0 Å². The summed E-state index contributed by atoms with van der Waals surface area (Å²) in [6.07, 6.45) is 20.5. The third-order valence-corrected chi connectivity index (χ3v) is 9.99. The fraction of sp³-hybridized carbons (Fsp3) is 0.146. The number of benzene rings is 4. The van der Waals surface area contributed by atoms with Gasteiger partial charge in [-0.1, -0.05) is 135 Å². The van der Waals surface area contributed by atoms with E-state index < -0.39 is 0 Å². The number of pyridine rings is 1. The van der Waals surface area contributed by atoms with Crippen LogP contribution in [0.25, 0.3) is 38.8 Å². The van der Waals surface area contributed by atoms with Crippen molar-refractivity contribution in [2.45, 2.75) is 45.6 Å². The predicted octanol–water partition coefficient (Wildman–Crippen LogP) is 12.5. The molecule has 2 unspecified atom stereocenters. The topological polar surface area (TPSA) is 21.1 Å². The maximum atomic E-state index is 5.05. The van der Waals surface area contributed by atoms with Crippen molar-refractivity contribution < 1.29 is 0 Å². The third-order valence-electron chi connectivity index (χ3n) is 9.99. The quantitative estimate of drug-likeness (QED) is 0.102. The Hall–Kier alpha value is -5.93. The molecule has 2 atom stereocenters. The van der Waals surface area contributed by atoms with E-state index in [1.807, 2.05) is 18.2 Å². The second kappa shape index (κ2) is 14.9. The Bertz CT molecular complexity index is 2360. The van der Waals surface area contributed by atoms with Gasteiger partial charge in [-0.3, -0.25) is 4.98 Å². The van der Waals surface area contributed by atoms with Crippen LogP contribution in [0.1, 0.15) is 49.1 Å². The van der Waals surface area contributed by atoms with Crippen molar-refractivity contribution in [3.05, 3.63) is 193 Å². The average molecular weight is 664 g/mol. The Morgan fingerprint density at radius 3 is 2.45 bits per heavy atom. The van der Waals surface area contributed by atoms with E-state index in [0.717, 1.165) is 35.5 Å². The summed E-state index contributed by atoms with van der Waals surface area (Å²) in [5.41, 5.74) is 13.0. The fourth-order valence-corrected chi connectivity index (χ4v) is 7.79. The van der Waals surface area contributed by atoms with Crippen LogP contribution in [-0.4, -0.2) is 15.6 Å². The number of hydrogen-bond donors (Lipinski definition) is 0. The van der Waals surface area contributed by atoms with Crippen LogP contribution in [0.4, 0.5) is 11.4 Å². The molecule has 252 valence electrons. The summed E-state index contributed by atoms with van der Waals surface area (Å²) in [7, 11) is 0. The van der Waals surface area contributed by atoms with E-state index in [9.17, 15) is 0 Å². The van der Waals surface area contributed by atoms with Gasteiger partial charge in [-0.05, 0) is 62.2 Å². The number of allylic oxidation sites excluding steroid dienone is 7. The molecule has 4 aromatic carbocycles. The molecule has 6 aromatic rings. The lowest BCUT2D eigenvalue weighted by Crippen LogP contribution is -2.27. The minimum Gasteiger partial charge on any atom is -0.333 e. The summed E-state index contributed by atoms with van der Waals surface area (Å²) in [6, 6.07) is 37.5. The van der Waals surface area contributed by atoms with E-state index in [1.165, 1.54) is 49.9 Å². The standard InChI is InChI=1S/C48H45N3/c1-6-11-12-13-14-24-36-25-20-29-42(49-36)35-23-19-26-37(33-35)50-44(21-7-2)38(9-4)47-46(50)32-31-41-40-28-17-18-30-45(40)51(48(41)47)43(10-5)39-27-16-15-22-34(39)8-3/h6-7,9-23,25-33,38,44H,1,4,8,24H2,2-3,5H3/b12-11-,14-13-,21-7-,43-10+. The number of nitrogens with zero attached hydrogens (tertiary/aromatic N) is 3. The first-order valence-electron chi connectivity index (χ1n) is 18.0. The summed E-state index contributed by atoms with van der Waals surface area (Å²) in [6.45, 7) is 14.7. The lowest BCUT2D eigenvalue weighted by atomic mass is 9.92. The summed E-state index contributed by atoms with van der Waals surface area (Å²) in [5.74, 6) is 0.0644. The van der Waals surface area contributed by atoms with Gasteiger partial charge in [0.05, 0.1) is 22.8 Å². The number of fused-ring (bicyclic) bond motifs is 5. The maximum absolute atomic E-state index is 5.05. The van der Waals surface area contributed by atoms with Crippen LogP contribution in [-0.2, 0) is 12.8 Å². The summed E-state index contributed by atoms with van der Waals surface area (Å²) >= 11 is 0. The molecule has 51 heavy (non-hydrogen) atoms. The minimum atomic E-state index is 0.0554. The van der Waals surface area contributed by atoms with Gasteiger partial charge in [-0.2, -0.15) is 0 Å². The van der Waals surface area contributed by atoms with E-state index in [2.05, 4.69) is 177 Å². The smallest absolute Gasteiger partial charge is 0.0706 e. The van der Waals surface area contributed by atoms with Gasteiger partial charge in [-0.15, -0.1) is 6.58 Å². The number of hydrogen-bond acceptors (Lipinski definition) is 2. The second-order valence-electron chi connectivity index (χ2n) is 12.9. The van der Waals surface area contributed by atoms with Gasteiger partial charge in [0.15, 0.2) is 0 Å². The van der Waals surface area contributed by atoms with Gasteiger partial charge < -0.3 is 9.47 Å². The Morgan fingerprint density at radius 1 is 0.824 bits per heavy atom. The molecule has 2 aromatic heterocycles. The van der Waals surface area contributed by atoms with Gasteiger partial charge in [0.2, 0.25) is 0 Å². The predicted molar refractivity (Wildman–Crippen MR) is 220 cm³/mol. The molecule has 0 amide bonds. The number of aryl methyl sites for hydroxylation is 1. The zero-order valence-corrected chi connectivity index (χ0v) is 29.8. The van der Waals surface area contributed by atoms with E-state index >= 15 is 0 Å². The zero-order chi connectivity index (χ0) is 35.3. The van der Waals surface area contributed by atoms with Crippen molar-refractivity contribution in [1.82, 2.24) is 9.55 Å². The van der Waals surface area contributed by atoms with Crippen LogP contribution in [0.15, 0.2) is 171 Å². The van der Waals surface area contributed by atoms with E-state index in [1.54, 1.807) is 6.08 Å². The largest absolute Gasteiger partial charge is 0.333 e. The summed E-state index contributed by atoms with van der Waals surface area (Å²) in [5, 5.41) is 2.52. The number of para-hydroxylation sites is 1. The van der Waals surface area contributed by atoms with Crippen LogP contribution in [0.3, 0.4) is 0 Å². The SMILES string of the molecule is C=C/C=C\C=C/Cc1cccc(-c2cccc(N3c4ccc5c6ccccc6n(/C(=C/C)c6ccccc6CC)c5c4C(C=C)C3/C=C\C)c2)n1. The average Bonchev–Trinajstić information content (AvgIpc) is 3.68. The summed E-state index contributed by atoms with van der Waals surface area (Å²) < 4.78 is 2.51. The molecular formula is C48H45N3. The van der Waals surface area contributed by atoms with Crippen molar-refractivity contribution in [2.24, 2.45) is 0 Å². The fourth-order valence-electron chi connectivity index (χ4n) is 7.79. The Labute approximate surface area is 302 Å². The monoisotopic (exact) mass is 663 g/mol. The molecule has 0 radical (unpaired) electrons. The molecule has 0 fully saturated rings. The highest BCUT2D eigenvalue weighted by Crippen LogP contribution is 2.52. The Balaban J connectivity index is 1.42. The molecule has 0 saturated carbocycles. The molecule has 0 spiro atoms. The van der Waals surface area contributed by atoms with Gasteiger partial charge in [-0.25, -0.2) is 0 Å². The molecule has 0 bridgehead atoms. The first kappa shape index (κ1) is 33.6. The van der Waals surface area contributed by atoms with Crippen LogP contribution >= 0.6 is 0 Å². The van der Waals surface area contributed by atoms with Crippen LogP contribution in [0, 0.1) is 0 Å². The van der Waals surface area contributed by atoms with Crippen LogP contribution in [0.5, 0.6) is 0 Å². The van der Waals surface area contributed by atoms with Gasteiger partial charge >= 0.3 is 0 Å². The molecule has 1 aliphatic rings. The van der Waals surface area contributed by atoms with Gasteiger partial charge in [0.1, 0.15) is 0 Å². The molecule has 0 aliphatic carbocycles. The zero-order valence-electron chi connectivity index (χ0n) is 29.8. The van der Waals surface area contributed by atoms with Crippen LogP contribution < -0.4 is 4.90 Å². The van der Waals surface area contributed by atoms with Crippen molar-refractivity contribution in [3.63, 3.8) is 0 Å². The Morgan fingerprint density at radius 2 is 1.65 bits per heavy atom. The minimum absolute atomic E-state index is 0.0554. The summed E-state index contributed by atoms with van der Waals surface area (Å²) in [4.78, 5) is 7.55. The molecular weight excluding hydrogens is 619 g/mol. The molecule has 3 nitrogen and oxygen atoms in total. The highest BCUT2D eigenvalue weighted by Gasteiger charge is 2.39. The second-order valence-corrected chi connectivity index (χ2v) is 12.9. The maximum Gasteiger partial charge on any atom is 0.0706 e. The molecule has 0 N–H and O–H groups in total. The number of rotatable bonds is 11. The molecule has 0 saturated heterocycles. The highest BCUT2D eigenvalue weighted by atomic mass is 15.2. The van der Waals surface area contributed by atoms with E-state index in [-0.39, 0.29) is 12.0 Å². The first-order valence-corrected chi connectivity index (χ1v) is 18.0. The van der Waals surface area contributed by atoms with Gasteiger partial charge in [0.25, 0.3) is 0 Å². The lowest BCUT2D eigenvalue weighted by molar-refractivity contribution is 0.754. The normalized spacial score (nSPS) is 16.3. The number of anilines is 2. The van der Waals surface area contributed by atoms with Crippen molar-refractivity contribution in [1.29, 1.82) is 0 Å². The van der Waals surface area contributed by atoms with E-state index in [0.29, 0.717) is 0 Å². The number of aromatic nitrogens is 2. The van der Waals surface area contributed by atoms with E-state index in [4.69, 9.17) is 4.98 Å². The highest BCUT2D eigenvalue weighted by molar-refractivity contribution is 6.14. The molecule has 7 rings (SSSR count). The molecule has 1 aliphatic heterocycles. The molecule has 3 heterocycles. The first-order chi connectivity index (χ1) is 25.1. The third kappa shape index (κ3) is 6.10. The Kier molecular flexibility index (Phi) is 9.81.